The van der Waals surface area contributed by atoms with Gasteiger partial charge in [-0.3, -0.25) is 0 Å². The summed E-state index contributed by atoms with van der Waals surface area (Å²) in [5, 5.41) is 3.29. The molecule has 1 aromatic heterocycles. The van der Waals surface area contributed by atoms with Gasteiger partial charge in [0, 0.05) is 17.3 Å². The summed E-state index contributed by atoms with van der Waals surface area (Å²) in [4.78, 5) is 4.07. The zero-order valence-corrected chi connectivity index (χ0v) is 7.17. The van der Waals surface area contributed by atoms with Crippen molar-refractivity contribution in [2.45, 2.75) is 18.4 Å². The van der Waals surface area contributed by atoms with E-state index in [0.717, 1.165) is 5.56 Å². The molecular formula is C9H13N3. The highest BCUT2D eigenvalue weighted by atomic mass is 15.0. The zero-order valence-electron chi connectivity index (χ0n) is 7.17. The van der Waals surface area contributed by atoms with Gasteiger partial charge in [0.15, 0.2) is 0 Å². The molecule has 0 saturated heterocycles. The highest BCUT2D eigenvalue weighted by Crippen LogP contribution is 2.46. The van der Waals surface area contributed by atoms with Crippen LogP contribution in [-0.2, 0) is 5.54 Å². The molecule has 1 heterocycles. The van der Waals surface area contributed by atoms with Gasteiger partial charge < -0.3 is 11.1 Å². The van der Waals surface area contributed by atoms with Crippen molar-refractivity contribution in [1.29, 1.82) is 0 Å². The smallest absolute Gasteiger partial charge is 0.128 e. The second-order valence-corrected chi connectivity index (χ2v) is 3.27. The molecule has 12 heavy (non-hydrogen) atoms. The van der Waals surface area contributed by atoms with Gasteiger partial charge in [0.2, 0.25) is 0 Å². The third-order valence-corrected chi connectivity index (χ3v) is 2.58. The normalized spacial score (nSPS) is 19.1. The summed E-state index contributed by atoms with van der Waals surface area (Å²) >= 11 is 0. The van der Waals surface area contributed by atoms with Crippen molar-refractivity contribution in [2.24, 2.45) is 0 Å². The molecule has 2 rings (SSSR count). The van der Waals surface area contributed by atoms with Crippen molar-refractivity contribution in [3.63, 3.8) is 0 Å². The topological polar surface area (TPSA) is 50.9 Å². The van der Waals surface area contributed by atoms with E-state index in [1.165, 1.54) is 12.8 Å². The van der Waals surface area contributed by atoms with Crippen LogP contribution in [0.15, 0.2) is 18.3 Å². The molecule has 1 aliphatic carbocycles. The quantitative estimate of drug-likeness (QED) is 0.680. The molecule has 0 spiro atoms. The Hall–Kier alpha value is -1.09. The Morgan fingerprint density at radius 3 is 2.83 bits per heavy atom. The molecule has 1 saturated carbocycles. The number of anilines is 1. The first-order valence-corrected chi connectivity index (χ1v) is 4.18. The van der Waals surface area contributed by atoms with E-state index < -0.39 is 0 Å². The van der Waals surface area contributed by atoms with Gasteiger partial charge in [-0.2, -0.15) is 0 Å². The average molecular weight is 163 g/mol. The van der Waals surface area contributed by atoms with Crippen LogP contribution in [0.5, 0.6) is 0 Å². The molecular weight excluding hydrogens is 150 g/mol. The lowest BCUT2D eigenvalue weighted by atomic mass is 10.1. The van der Waals surface area contributed by atoms with Crippen molar-refractivity contribution < 1.29 is 0 Å². The summed E-state index contributed by atoms with van der Waals surface area (Å²) in [6, 6.07) is 3.98. The molecule has 0 aliphatic heterocycles. The predicted molar refractivity (Wildman–Crippen MR) is 48.6 cm³/mol. The van der Waals surface area contributed by atoms with Crippen LogP contribution in [0.2, 0.25) is 0 Å². The van der Waals surface area contributed by atoms with Crippen LogP contribution < -0.4 is 11.1 Å². The zero-order chi connectivity index (χ0) is 8.60. The fourth-order valence-corrected chi connectivity index (χ4v) is 1.60. The Morgan fingerprint density at radius 2 is 2.33 bits per heavy atom. The first-order valence-electron chi connectivity index (χ1n) is 4.18. The monoisotopic (exact) mass is 163 g/mol. The van der Waals surface area contributed by atoms with Crippen LogP contribution >= 0.6 is 0 Å². The number of hydrogen-bond acceptors (Lipinski definition) is 3. The van der Waals surface area contributed by atoms with Gasteiger partial charge >= 0.3 is 0 Å². The molecule has 0 atom stereocenters. The summed E-state index contributed by atoms with van der Waals surface area (Å²) in [6.45, 7) is 0. The van der Waals surface area contributed by atoms with Crippen molar-refractivity contribution in [2.75, 3.05) is 12.8 Å². The third kappa shape index (κ3) is 0.975. The maximum absolute atomic E-state index is 5.77. The first kappa shape index (κ1) is 7.55. The summed E-state index contributed by atoms with van der Waals surface area (Å²) in [6.07, 6.45) is 4.06. The van der Waals surface area contributed by atoms with E-state index in [4.69, 9.17) is 5.73 Å². The number of rotatable bonds is 2. The van der Waals surface area contributed by atoms with Crippen LogP contribution in [-0.4, -0.2) is 12.0 Å². The number of nitrogen functional groups attached to an aromatic ring is 1. The Labute approximate surface area is 72.0 Å². The summed E-state index contributed by atoms with van der Waals surface area (Å²) < 4.78 is 0. The Balaban J connectivity index is 2.40. The van der Waals surface area contributed by atoms with Crippen LogP contribution in [0.25, 0.3) is 0 Å². The lowest BCUT2D eigenvalue weighted by Crippen LogP contribution is -2.25. The van der Waals surface area contributed by atoms with Crippen LogP contribution in [0, 0.1) is 0 Å². The van der Waals surface area contributed by atoms with Gasteiger partial charge in [0.1, 0.15) is 5.82 Å². The molecule has 0 amide bonds. The second-order valence-electron chi connectivity index (χ2n) is 3.27. The number of nitrogens with two attached hydrogens (primary N) is 1. The van der Waals surface area contributed by atoms with Crippen LogP contribution in [0.3, 0.4) is 0 Å². The first-order chi connectivity index (χ1) is 5.78. The number of nitrogens with zero attached hydrogens (tertiary/aromatic N) is 1. The molecule has 64 valence electrons. The summed E-state index contributed by atoms with van der Waals surface area (Å²) in [5.74, 6) is 0.657. The second kappa shape index (κ2) is 2.45. The molecule has 3 heteroatoms. The van der Waals surface area contributed by atoms with Crippen molar-refractivity contribution in [3.05, 3.63) is 23.9 Å². The number of aromatic nitrogens is 1. The minimum Gasteiger partial charge on any atom is -0.383 e. The van der Waals surface area contributed by atoms with Gasteiger partial charge in [-0.25, -0.2) is 4.98 Å². The number of nitrogens with one attached hydrogen (secondary N) is 1. The highest BCUT2D eigenvalue weighted by Gasteiger charge is 2.44. The largest absolute Gasteiger partial charge is 0.383 e. The Kier molecular flexibility index (Phi) is 1.54. The van der Waals surface area contributed by atoms with Crippen LogP contribution in [0.4, 0.5) is 5.82 Å². The molecule has 0 bridgehead atoms. The molecule has 1 fully saturated rings. The molecule has 0 unspecified atom stereocenters. The fraction of sp³-hybridized carbons (Fsp3) is 0.444. The van der Waals surface area contributed by atoms with E-state index in [-0.39, 0.29) is 5.54 Å². The van der Waals surface area contributed by atoms with Crippen molar-refractivity contribution in [3.8, 4) is 0 Å². The average Bonchev–Trinajstić information content (AvgIpc) is 2.86. The molecule has 1 aliphatic rings. The Morgan fingerprint density at radius 1 is 1.58 bits per heavy atom. The predicted octanol–water partition coefficient (Wildman–Crippen LogP) is 0.872. The third-order valence-electron chi connectivity index (χ3n) is 2.58. The summed E-state index contributed by atoms with van der Waals surface area (Å²) in [7, 11) is 1.97. The van der Waals surface area contributed by atoms with E-state index in [1.807, 2.05) is 19.2 Å². The Bertz CT molecular complexity index is 292. The van der Waals surface area contributed by atoms with E-state index in [2.05, 4.69) is 10.3 Å². The number of pyridine rings is 1. The number of hydrogen-bond donors (Lipinski definition) is 2. The maximum atomic E-state index is 5.77. The van der Waals surface area contributed by atoms with E-state index in [1.54, 1.807) is 6.20 Å². The van der Waals surface area contributed by atoms with Gasteiger partial charge in [-0.1, -0.05) is 6.07 Å². The lowest BCUT2D eigenvalue weighted by molar-refractivity contribution is 0.586. The van der Waals surface area contributed by atoms with Gasteiger partial charge in [0.05, 0.1) is 0 Å². The summed E-state index contributed by atoms with van der Waals surface area (Å²) in [5.41, 5.74) is 7.05. The van der Waals surface area contributed by atoms with Gasteiger partial charge in [-0.05, 0) is 26.0 Å². The van der Waals surface area contributed by atoms with E-state index in [9.17, 15) is 0 Å². The molecule has 0 aromatic carbocycles. The van der Waals surface area contributed by atoms with Crippen molar-refractivity contribution in [1.82, 2.24) is 10.3 Å². The lowest BCUT2D eigenvalue weighted by Gasteiger charge is -2.15. The molecule has 3 N–H and O–H groups in total. The maximum Gasteiger partial charge on any atom is 0.128 e. The van der Waals surface area contributed by atoms with Gasteiger partial charge in [-0.15, -0.1) is 0 Å². The fourth-order valence-electron chi connectivity index (χ4n) is 1.60. The standard InChI is InChI=1S/C9H13N3/c1-11-9(4-5-9)7-3-2-6-12-8(7)10/h2-3,6,11H,4-5H2,1H3,(H2,10,12). The SMILES string of the molecule is CNC1(c2cccnc2N)CC1. The molecule has 0 radical (unpaired) electrons. The van der Waals surface area contributed by atoms with E-state index >= 15 is 0 Å². The molecule has 1 aromatic rings. The van der Waals surface area contributed by atoms with E-state index in [0.29, 0.717) is 5.82 Å². The minimum atomic E-state index is 0.137. The minimum absolute atomic E-state index is 0.137. The molecule has 3 nitrogen and oxygen atoms in total. The van der Waals surface area contributed by atoms with Crippen molar-refractivity contribution >= 4 is 5.82 Å². The van der Waals surface area contributed by atoms with Crippen LogP contribution in [0.1, 0.15) is 18.4 Å². The highest BCUT2D eigenvalue weighted by molar-refractivity contribution is 5.46. The van der Waals surface area contributed by atoms with Gasteiger partial charge in [0.25, 0.3) is 0 Å².